The van der Waals surface area contributed by atoms with Gasteiger partial charge >= 0.3 is 0 Å². The Morgan fingerprint density at radius 2 is 1.62 bits per heavy atom. The third-order valence-electron chi connectivity index (χ3n) is 4.18. The van der Waals surface area contributed by atoms with Crippen molar-refractivity contribution >= 4 is 38.5 Å². The van der Waals surface area contributed by atoms with Gasteiger partial charge in [-0.1, -0.05) is 6.07 Å². The number of hydrogen-bond acceptors (Lipinski definition) is 5. The molecule has 1 aliphatic rings. The van der Waals surface area contributed by atoms with Crippen LogP contribution in [0.5, 0.6) is 0 Å². The molecule has 0 aliphatic carbocycles. The molecule has 24 heavy (non-hydrogen) atoms. The molecule has 0 amide bonds. The Labute approximate surface area is 147 Å². The molecule has 122 valence electrons. The van der Waals surface area contributed by atoms with Crippen LogP contribution in [0.1, 0.15) is 0 Å². The highest BCUT2D eigenvalue weighted by Gasteiger charge is 2.21. The molecule has 0 radical (unpaired) electrons. The molecule has 1 fully saturated rings. The monoisotopic (exact) mass is 387 g/mol. The average Bonchev–Trinajstić information content (AvgIpc) is 2.62. The lowest BCUT2D eigenvalue weighted by atomic mass is 10.1. The van der Waals surface area contributed by atoms with Crippen LogP contribution in [0.2, 0.25) is 0 Å². The number of piperazine rings is 1. The van der Waals surface area contributed by atoms with E-state index in [0.29, 0.717) is 0 Å². The van der Waals surface area contributed by atoms with E-state index in [-0.39, 0.29) is 5.82 Å². The van der Waals surface area contributed by atoms with Gasteiger partial charge in [0, 0.05) is 50.2 Å². The van der Waals surface area contributed by atoms with Gasteiger partial charge in [-0.25, -0.2) is 19.3 Å². The molecule has 0 spiro atoms. The van der Waals surface area contributed by atoms with Gasteiger partial charge in [0.15, 0.2) is 0 Å². The maximum Gasteiger partial charge on any atom is 0.225 e. The van der Waals surface area contributed by atoms with Crippen LogP contribution in [0.4, 0.5) is 16.2 Å². The number of aromatic nitrogens is 3. The van der Waals surface area contributed by atoms with E-state index in [1.165, 1.54) is 6.07 Å². The zero-order valence-corrected chi connectivity index (χ0v) is 14.4. The Balaban J connectivity index is 1.56. The van der Waals surface area contributed by atoms with Crippen LogP contribution in [-0.4, -0.2) is 41.1 Å². The predicted octanol–water partition coefficient (Wildman–Crippen LogP) is 3.25. The van der Waals surface area contributed by atoms with Gasteiger partial charge in [0.25, 0.3) is 0 Å². The summed E-state index contributed by atoms with van der Waals surface area (Å²) >= 11 is 3.35. The summed E-state index contributed by atoms with van der Waals surface area (Å²) in [5, 5.41) is 1.85. The van der Waals surface area contributed by atoms with Crippen LogP contribution < -0.4 is 9.80 Å². The van der Waals surface area contributed by atoms with Crippen molar-refractivity contribution in [1.29, 1.82) is 0 Å². The largest absolute Gasteiger partial charge is 0.353 e. The minimum Gasteiger partial charge on any atom is -0.353 e. The summed E-state index contributed by atoms with van der Waals surface area (Å²) in [5.41, 5.74) is 0. The lowest BCUT2D eigenvalue weighted by molar-refractivity contribution is 0.627. The molecule has 3 aromatic rings. The van der Waals surface area contributed by atoms with E-state index in [1.54, 1.807) is 30.7 Å². The molecule has 7 heteroatoms. The van der Waals surface area contributed by atoms with Crippen molar-refractivity contribution in [3.05, 3.63) is 53.1 Å². The smallest absolute Gasteiger partial charge is 0.225 e. The summed E-state index contributed by atoms with van der Waals surface area (Å²) in [6, 6.07) is 6.74. The zero-order valence-electron chi connectivity index (χ0n) is 12.9. The molecule has 0 saturated carbocycles. The quantitative estimate of drug-likeness (QED) is 0.675. The van der Waals surface area contributed by atoms with Crippen molar-refractivity contribution in [1.82, 2.24) is 15.0 Å². The Bertz CT molecular complexity index is 862. The van der Waals surface area contributed by atoms with Crippen LogP contribution >= 0.6 is 15.9 Å². The van der Waals surface area contributed by atoms with Crippen LogP contribution in [-0.2, 0) is 0 Å². The molecule has 1 aliphatic heterocycles. The van der Waals surface area contributed by atoms with Crippen LogP contribution in [0, 0.1) is 5.82 Å². The first-order valence-corrected chi connectivity index (χ1v) is 8.52. The molecule has 3 heterocycles. The molecule has 0 N–H and O–H groups in total. The average molecular weight is 388 g/mol. The Hall–Kier alpha value is -2.28. The van der Waals surface area contributed by atoms with Crippen molar-refractivity contribution in [3.8, 4) is 0 Å². The zero-order chi connectivity index (χ0) is 16.5. The molecular weight excluding hydrogens is 373 g/mol. The maximum atomic E-state index is 13.6. The number of benzene rings is 1. The van der Waals surface area contributed by atoms with Gasteiger partial charge in [-0.2, -0.15) is 0 Å². The molecule has 4 rings (SSSR count). The minimum absolute atomic E-state index is 0.237. The van der Waals surface area contributed by atoms with E-state index in [0.717, 1.165) is 53.2 Å². The van der Waals surface area contributed by atoms with Crippen molar-refractivity contribution < 1.29 is 4.39 Å². The number of halogens is 2. The summed E-state index contributed by atoms with van der Waals surface area (Å²) in [4.78, 5) is 17.5. The SMILES string of the molecule is Fc1ccc2ccnc(N3CCN(c4ncc(Br)cn4)CC3)c2c1. The number of fused-ring (bicyclic) bond motifs is 1. The fraction of sp³-hybridized carbons (Fsp3) is 0.235. The summed E-state index contributed by atoms with van der Waals surface area (Å²) < 4.78 is 14.5. The van der Waals surface area contributed by atoms with Crippen LogP contribution in [0.15, 0.2) is 47.3 Å². The molecule has 0 unspecified atom stereocenters. The van der Waals surface area contributed by atoms with Gasteiger partial charge in [-0.3, -0.25) is 0 Å². The fourth-order valence-corrected chi connectivity index (χ4v) is 3.17. The number of anilines is 2. The van der Waals surface area contributed by atoms with Crippen molar-refractivity contribution in [2.75, 3.05) is 36.0 Å². The van der Waals surface area contributed by atoms with Gasteiger partial charge in [0.2, 0.25) is 5.95 Å². The fourth-order valence-electron chi connectivity index (χ4n) is 2.96. The van der Waals surface area contributed by atoms with E-state index in [2.05, 4.69) is 40.7 Å². The van der Waals surface area contributed by atoms with Gasteiger partial charge in [0.1, 0.15) is 11.6 Å². The first-order valence-electron chi connectivity index (χ1n) is 7.72. The minimum atomic E-state index is -0.237. The first-order chi connectivity index (χ1) is 11.7. The number of rotatable bonds is 2. The molecule has 1 aromatic carbocycles. The van der Waals surface area contributed by atoms with Gasteiger partial charge in [-0.15, -0.1) is 0 Å². The van der Waals surface area contributed by atoms with Gasteiger partial charge in [-0.05, 0) is 39.5 Å². The molecular formula is C17H15BrFN5. The first kappa shape index (κ1) is 15.3. The standard InChI is InChI=1S/C17H15BrFN5/c18-13-10-21-17(22-11-13)24-7-5-23(6-8-24)16-15-9-14(19)2-1-12(15)3-4-20-16/h1-4,9-11H,5-8H2. The summed E-state index contributed by atoms with van der Waals surface area (Å²) in [6.45, 7) is 3.19. The summed E-state index contributed by atoms with van der Waals surface area (Å²) in [7, 11) is 0. The van der Waals surface area contributed by atoms with Crippen molar-refractivity contribution in [3.63, 3.8) is 0 Å². The van der Waals surface area contributed by atoms with Gasteiger partial charge < -0.3 is 9.80 Å². The van der Waals surface area contributed by atoms with Gasteiger partial charge in [0.05, 0.1) is 4.47 Å². The van der Waals surface area contributed by atoms with Crippen LogP contribution in [0.25, 0.3) is 10.8 Å². The molecule has 5 nitrogen and oxygen atoms in total. The van der Waals surface area contributed by atoms with Crippen molar-refractivity contribution in [2.45, 2.75) is 0 Å². The number of nitrogens with zero attached hydrogens (tertiary/aromatic N) is 5. The molecule has 2 aromatic heterocycles. The lowest BCUT2D eigenvalue weighted by Crippen LogP contribution is -2.47. The summed E-state index contributed by atoms with van der Waals surface area (Å²) in [6.07, 6.45) is 5.28. The highest BCUT2D eigenvalue weighted by Crippen LogP contribution is 2.26. The molecule has 0 bridgehead atoms. The molecule has 0 atom stereocenters. The normalized spacial score (nSPS) is 15.1. The van der Waals surface area contributed by atoms with E-state index in [9.17, 15) is 4.39 Å². The number of hydrogen-bond donors (Lipinski definition) is 0. The Morgan fingerprint density at radius 1 is 0.917 bits per heavy atom. The second-order valence-corrected chi connectivity index (χ2v) is 6.59. The Morgan fingerprint density at radius 3 is 2.38 bits per heavy atom. The third kappa shape index (κ3) is 2.91. The summed E-state index contributed by atoms with van der Waals surface area (Å²) in [5.74, 6) is 1.33. The predicted molar refractivity (Wildman–Crippen MR) is 95.9 cm³/mol. The molecule has 1 saturated heterocycles. The second-order valence-electron chi connectivity index (χ2n) is 5.68. The third-order valence-corrected chi connectivity index (χ3v) is 4.59. The van der Waals surface area contributed by atoms with E-state index in [1.807, 2.05) is 6.07 Å². The second kappa shape index (κ2) is 6.32. The van der Waals surface area contributed by atoms with E-state index < -0.39 is 0 Å². The lowest BCUT2D eigenvalue weighted by Gasteiger charge is -2.35. The highest BCUT2D eigenvalue weighted by atomic mass is 79.9. The Kier molecular flexibility index (Phi) is 4.02. The van der Waals surface area contributed by atoms with E-state index >= 15 is 0 Å². The van der Waals surface area contributed by atoms with Crippen molar-refractivity contribution in [2.24, 2.45) is 0 Å². The van der Waals surface area contributed by atoms with E-state index in [4.69, 9.17) is 0 Å². The topological polar surface area (TPSA) is 45.2 Å². The van der Waals surface area contributed by atoms with Crippen LogP contribution in [0.3, 0.4) is 0 Å². The highest BCUT2D eigenvalue weighted by molar-refractivity contribution is 9.10. The maximum absolute atomic E-state index is 13.6. The number of pyridine rings is 1.